The zero-order valence-corrected chi connectivity index (χ0v) is 19.7. The predicted molar refractivity (Wildman–Crippen MR) is 127 cm³/mol. The molecule has 0 radical (unpaired) electrons. The molecule has 2 aromatic heterocycles. The summed E-state index contributed by atoms with van der Waals surface area (Å²) in [7, 11) is 10.6. The molecule has 0 unspecified atom stereocenters. The first-order valence-electron chi connectivity index (χ1n) is 10.2. The van der Waals surface area contributed by atoms with Crippen LogP contribution in [0.3, 0.4) is 0 Å². The Morgan fingerprint density at radius 1 is 0.697 bits per heavy atom. The molecule has 2 N–H and O–H groups in total. The lowest BCUT2D eigenvalue weighted by molar-refractivity contribution is 0.414. The number of aromatic nitrogens is 4. The highest BCUT2D eigenvalue weighted by Gasteiger charge is 2.32. The van der Waals surface area contributed by atoms with Gasteiger partial charge in [-0.1, -0.05) is 12.1 Å². The van der Waals surface area contributed by atoms with E-state index >= 15 is 0 Å². The third-order valence-electron chi connectivity index (χ3n) is 5.90. The van der Waals surface area contributed by atoms with E-state index in [0.717, 1.165) is 9.13 Å². The van der Waals surface area contributed by atoms with Gasteiger partial charge in [0.15, 0.2) is 0 Å². The monoisotopic (exact) mass is 456 g/mol. The average molecular weight is 457 g/mol. The van der Waals surface area contributed by atoms with Crippen molar-refractivity contribution in [1.29, 1.82) is 0 Å². The van der Waals surface area contributed by atoms with Crippen molar-refractivity contribution in [3.05, 3.63) is 82.6 Å². The quantitative estimate of drug-likeness (QED) is 0.525. The third-order valence-corrected chi connectivity index (χ3v) is 5.90. The molecule has 0 fully saturated rings. The molecule has 0 aliphatic carbocycles. The van der Waals surface area contributed by atoms with Gasteiger partial charge in [-0.3, -0.25) is 27.9 Å². The van der Waals surface area contributed by atoms with E-state index in [4.69, 9.17) is 4.74 Å². The van der Waals surface area contributed by atoms with E-state index in [-0.39, 0.29) is 22.8 Å². The number of anilines is 2. The highest BCUT2D eigenvalue weighted by molar-refractivity contribution is 5.59. The number of methoxy groups -OCH3 is 1. The number of benzene rings is 1. The van der Waals surface area contributed by atoms with Gasteiger partial charge >= 0.3 is 11.4 Å². The van der Waals surface area contributed by atoms with Gasteiger partial charge in [0.05, 0.1) is 24.2 Å². The number of hydrogen-bond donors (Lipinski definition) is 2. The summed E-state index contributed by atoms with van der Waals surface area (Å²) < 4.78 is 9.89. The van der Waals surface area contributed by atoms with Crippen molar-refractivity contribution in [3.8, 4) is 5.75 Å². The van der Waals surface area contributed by atoms with Crippen LogP contribution in [-0.4, -0.2) is 39.5 Å². The number of rotatable bonds is 6. The summed E-state index contributed by atoms with van der Waals surface area (Å²) in [4.78, 5) is 52.1. The summed E-state index contributed by atoms with van der Waals surface area (Å²) in [5.41, 5.74) is -1.13. The minimum Gasteiger partial charge on any atom is -0.497 e. The standard InChI is InChI=1S/C22H28N6O5/c1-23-17-15(19(29)27(5)21(31)25(17)3)14(12-8-10-13(33-7)11-9-12)16-18(24-2)26(4)22(32)28(6)20(16)30/h8-11,14,23-24H,1-7H3. The third kappa shape index (κ3) is 3.65. The van der Waals surface area contributed by atoms with Crippen LogP contribution in [0.1, 0.15) is 22.6 Å². The summed E-state index contributed by atoms with van der Waals surface area (Å²) >= 11 is 0. The molecule has 0 spiro atoms. The fraction of sp³-hybridized carbons (Fsp3) is 0.364. The second-order valence-electron chi connectivity index (χ2n) is 7.64. The molecule has 0 aliphatic rings. The molecule has 0 saturated carbocycles. The lowest BCUT2D eigenvalue weighted by atomic mass is 9.86. The number of ether oxygens (including phenoxy) is 1. The predicted octanol–water partition coefficient (Wildman–Crippen LogP) is -0.246. The minimum absolute atomic E-state index is 0.194. The normalized spacial score (nSPS) is 11.0. The van der Waals surface area contributed by atoms with Crippen LogP contribution in [0.25, 0.3) is 0 Å². The van der Waals surface area contributed by atoms with Gasteiger partial charge in [-0.2, -0.15) is 0 Å². The van der Waals surface area contributed by atoms with Crippen molar-refractivity contribution in [2.24, 2.45) is 28.2 Å². The van der Waals surface area contributed by atoms with Crippen LogP contribution >= 0.6 is 0 Å². The molecular weight excluding hydrogens is 428 g/mol. The fourth-order valence-electron chi connectivity index (χ4n) is 4.14. The summed E-state index contributed by atoms with van der Waals surface area (Å²) in [5, 5.41) is 5.88. The van der Waals surface area contributed by atoms with Gasteiger partial charge in [0, 0.05) is 42.3 Å². The Bertz CT molecular complexity index is 1360. The zero-order valence-electron chi connectivity index (χ0n) is 19.7. The highest BCUT2D eigenvalue weighted by atomic mass is 16.5. The fourth-order valence-corrected chi connectivity index (χ4v) is 4.14. The van der Waals surface area contributed by atoms with Crippen molar-refractivity contribution in [3.63, 3.8) is 0 Å². The van der Waals surface area contributed by atoms with E-state index in [0.29, 0.717) is 11.3 Å². The van der Waals surface area contributed by atoms with Gasteiger partial charge in [-0.15, -0.1) is 0 Å². The lowest BCUT2D eigenvalue weighted by Crippen LogP contribution is -2.44. The first-order valence-corrected chi connectivity index (χ1v) is 10.2. The van der Waals surface area contributed by atoms with E-state index in [1.54, 1.807) is 52.5 Å². The molecule has 2 heterocycles. The van der Waals surface area contributed by atoms with Crippen LogP contribution in [0.2, 0.25) is 0 Å². The largest absolute Gasteiger partial charge is 0.497 e. The van der Waals surface area contributed by atoms with Crippen molar-refractivity contribution < 1.29 is 4.74 Å². The zero-order chi connectivity index (χ0) is 24.6. The Hall–Kier alpha value is -4.02. The SMILES string of the molecule is CNc1c(C(c2ccc(OC)cc2)c2c(NC)n(C)c(=O)n(C)c2=O)c(=O)n(C)c(=O)n1C. The second-order valence-corrected chi connectivity index (χ2v) is 7.64. The van der Waals surface area contributed by atoms with Crippen molar-refractivity contribution >= 4 is 11.6 Å². The van der Waals surface area contributed by atoms with Crippen LogP contribution in [0.15, 0.2) is 43.4 Å². The van der Waals surface area contributed by atoms with E-state index in [1.165, 1.54) is 30.3 Å². The van der Waals surface area contributed by atoms with E-state index < -0.39 is 28.4 Å². The molecule has 11 nitrogen and oxygen atoms in total. The summed E-state index contributed by atoms with van der Waals surface area (Å²) in [6.45, 7) is 0. The van der Waals surface area contributed by atoms with Crippen molar-refractivity contribution in [2.45, 2.75) is 5.92 Å². The van der Waals surface area contributed by atoms with E-state index in [1.807, 2.05) is 0 Å². The van der Waals surface area contributed by atoms with Crippen LogP contribution in [-0.2, 0) is 28.2 Å². The molecule has 0 amide bonds. The van der Waals surface area contributed by atoms with Crippen LogP contribution in [0, 0.1) is 0 Å². The molecule has 0 saturated heterocycles. The number of nitrogens with one attached hydrogen (secondary N) is 2. The Morgan fingerprint density at radius 3 is 1.42 bits per heavy atom. The average Bonchev–Trinajstić information content (AvgIpc) is 2.83. The number of hydrogen-bond acceptors (Lipinski definition) is 7. The molecule has 1 aromatic carbocycles. The molecule has 3 aromatic rings. The van der Waals surface area contributed by atoms with Gasteiger partial charge in [0.25, 0.3) is 11.1 Å². The summed E-state index contributed by atoms with van der Waals surface area (Å²) in [6.07, 6.45) is 0. The topological polar surface area (TPSA) is 121 Å². The maximum Gasteiger partial charge on any atom is 0.332 e. The molecule has 3 rings (SSSR count). The molecule has 33 heavy (non-hydrogen) atoms. The maximum absolute atomic E-state index is 13.5. The molecule has 0 bridgehead atoms. The first kappa shape index (κ1) is 23.6. The van der Waals surface area contributed by atoms with Crippen molar-refractivity contribution in [2.75, 3.05) is 31.8 Å². The van der Waals surface area contributed by atoms with Gasteiger partial charge in [0.1, 0.15) is 17.4 Å². The van der Waals surface area contributed by atoms with Crippen LogP contribution in [0.5, 0.6) is 5.75 Å². The van der Waals surface area contributed by atoms with E-state index in [2.05, 4.69) is 10.6 Å². The molecule has 11 heteroatoms. The molecule has 0 atom stereocenters. The Morgan fingerprint density at radius 2 is 1.09 bits per heavy atom. The summed E-state index contributed by atoms with van der Waals surface area (Å²) in [5.74, 6) is 0.225. The van der Waals surface area contributed by atoms with E-state index in [9.17, 15) is 19.2 Å². The van der Waals surface area contributed by atoms with Gasteiger partial charge in [0.2, 0.25) is 0 Å². The summed E-state index contributed by atoms with van der Waals surface area (Å²) in [6, 6.07) is 6.94. The lowest BCUT2D eigenvalue weighted by Gasteiger charge is -2.25. The van der Waals surface area contributed by atoms with Gasteiger partial charge < -0.3 is 15.4 Å². The second kappa shape index (κ2) is 8.85. The van der Waals surface area contributed by atoms with Gasteiger partial charge in [-0.05, 0) is 17.7 Å². The molecule has 176 valence electrons. The Balaban J connectivity index is 2.60. The van der Waals surface area contributed by atoms with Gasteiger partial charge in [-0.25, -0.2) is 9.59 Å². The maximum atomic E-state index is 13.5. The smallest absolute Gasteiger partial charge is 0.332 e. The first-order chi connectivity index (χ1) is 15.6. The van der Waals surface area contributed by atoms with Crippen molar-refractivity contribution in [1.82, 2.24) is 18.3 Å². The molecule has 0 aliphatic heterocycles. The van der Waals surface area contributed by atoms with Crippen LogP contribution in [0.4, 0.5) is 11.6 Å². The van der Waals surface area contributed by atoms with Crippen LogP contribution < -0.4 is 37.9 Å². The minimum atomic E-state index is -0.906. The Kier molecular flexibility index (Phi) is 6.34. The number of nitrogens with zero attached hydrogens (tertiary/aromatic N) is 4. The highest BCUT2D eigenvalue weighted by Crippen LogP contribution is 2.35. The Labute approximate surface area is 189 Å². The molecular formula is C22H28N6O5.